The molecule has 1 aliphatic heterocycles. The van der Waals surface area contributed by atoms with Crippen molar-refractivity contribution in [1.82, 2.24) is 9.97 Å². The fraction of sp³-hybridized carbons (Fsp3) is 0.435. The van der Waals surface area contributed by atoms with Gasteiger partial charge in [0.2, 0.25) is 0 Å². The van der Waals surface area contributed by atoms with E-state index in [0.29, 0.717) is 61.6 Å². The number of halogens is 3. The predicted molar refractivity (Wildman–Crippen MR) is 115 cm³/mol. The van der Waals surface area contributed by atoms with Gasteiger partial charge in [-0.1, -0.05) is 0 Å². The molecule has 1 aromatic carbocycles. The van der Waals surface area contributed by atoms with Gasteiger partial charge in [-0.25, -0.2) is 4.98 Å². The summed E-state index contributed by atoms with van der Waals surface area (Å²) < 4.78 is 51.4. The molecule has 0 radical (unpaired) electrons. The molecule has 2 aromatic heterocycles. The van der Waals surface area contributed by atoms with Crippen molar-refractivity contribution in [2.24, 2.45) is 5.92 Å². The van der Waals surface area contributed by atoms with E-state index in [4.69, 9.17) is 14.1 Å². The summed E-state index contributed by atoms with van der Waals surface area (Å²) in [4.78, 5) is 22.5. The highest BCUT2D eigenvalue weighted by atomic mass is 19.4. The van der Waals surface area contributed by atoms with Gasteiger partial charge in [0, 0.05) is 44.0 Å². The highest BCUT2D eigenvalue weighted by molar-refractivity contribution is 5.88. The van der Waals surface area contributed by atoms with E-state index in [2.05, 4.69) is 4.98 Å². The molecule has 10 heteroatoms. The molecule has 0 bridgehead atoms. The first-order chi connectivity index (χ1) is 15.8. The van der Waals surface area contributed by atoms with Gasteiger partial charge in [-0.15, -0.1) is 0 Å². The first kappa shape index (κ1) is 23.0. The van der Waals surface area contributed by atoms with Gasteiger partial charge in [0.25, 0.3) is 0 Å². The minimum absolute atomic E-state index is 0.223. The minimum Gasteiger partial charge on any atom is -0.481 e. The maximum absolute atomic E-state index is 13.7. The second kappa shape index (κ2) is 9.38. The Morgan fingerprint density at radius 1 is 1.30 bits per heavy atom. The Morgan fingerprint density at radius 3 is 2.73 bits per heavy atom. The van der Waals surface area contributed by atoms with E-state index in [9.17, 15) is 23.1 Å². The van der Waals surface area contributed by atoms with Gasteiger partial charge < -0.3 is 19.2 Å². The number of alkyl halides is 3. The van der Waals surface area contributed by atoms with E-state index in [1.165, 1.54) is 12.3 Å². The minimum atomic E-state index is -4.60. The van der Waals surface area contributed by atoms with Crippen LogP contribution in [-0.4, -0.2) is 47.8 Å². The number of nitrogens with zero attached hydrogens (tertiary/aromatic N) is 3. The quantitative estimate of drug-likeness (QED) is 0.504. The Kier molecular flexibility index (Phi) is 6.55. The largest absolute Gasteiger partial charge is 0.481 e. The summed E-state index contributed by atoms with van der Waals surface area (Å²) in [5.74, 6) is -0.819. The summed E-state index contributed by atoms with van der Waals surface area (Å²) in [5, 5.41) is 9.63. The average Bonchev–Trinajstić information content (AvgIpc) is 3.26. The second-order valence-electron chi connectivity index (χ2n) is 8.09. The summed E-state index contributed by atoms with van der Waals surface area (Å²) in [6.07, 6.45) is 0.396. The first-order valence-corrected chi connectivity index (χ1v) is 10.7. The van der Waals surface area contributed by atoms with Gasteiger partial charge in [-0.3, -0.25) is 9.78 Å². The lowest BCUT2D eigenvalue weighted by molar-refractivity contribution is -0.142. The van der Waals surface area contributed by atoms with Crippen molar-refractivity contribution in [1.29, 1.82) is 0 Å². The Bertz CT molecular complexity index is 1140. The fourth-order valence-corrected chi connectivity index (χ4v) is 4.12. The molecule has 3 heterocycles. The van der Waals surface area contributed by atoms with Crippen LogP contribution in [0.1, 0.15) is 30.5 Å². The zero-order valence-electron chi connectivity index (χ0n) is 18.1. The fourth-order valence-electron chi connectivity index (χ4n) is 4.12. The molecular formula is C23H24F3N3O4. The van der Waals surface area contributed by atoms with Crippen LogP contribution in [0.5, 0.6) is 0 Å². The number of hydrogen-bond donors (Lipinski definition) is 1. The monoisotopic (exact) mass is 463 g/mol. The number of aryl methyl sites for hydroxylation is 1. The van der Waals surface area contributed by atoms with Gasteiger partial charge >= 0.3 is 12.1 Å². The highest BCUT2D eigenvalue weighted by Gasteiger charge is 2.35. The number of anilines is 1. The van der Waals surface area contributed by atoms with Crippen LogP contribution >= 0.6 is 0 Å². The summed E-state index contributed by atoms with van der Waals surface area (Å²) in [6, 6.07) is 4.13. The second-order valence-corrected chi connectivity index (χ2v) is 8.09. The van der Waals surface area contributed by atoms with E-state index in [1.807, 2.05) is 4.90 Å². The van der Waals surface area contributed by atoms with Crippen molar-refractivity contribution in [2.75, 3.05) is 31.7 Å². The Balaban J connectivity index is 1.77. The number of ether oxygens (including phenoxy) is 1. The third-order valence-corrected chi connectivity index (χ3v) is 5.86. The lowest BCUT2D eigenvalue weighted by Gasteiger charge is -2.32. The Labute approximate surface area is 188 Å². The zero-order chi connectivity index (χ0) is 23.6. The number of carboxylic acids is 1. The Morgan fingerprint density at radius 2 is 2.06 bits per heavy atom. The molecule has 0 amide bonds. The van der Waals surface area contributed by atoms with Crippen molar-refractivity contribution in [3.8, 4) is 11.3 Å². The maximum atomic E-state index is 13.7. The number of piperidine rings is 1. The molecule has 0 atom stereocenters. The molecule has 0 saturated carbocycles. The van der Waals surface area contributed by atoms with Crippen LogP contribution in [0, 0.1) is 5.92 Å². The molecule has 1 aliphatic rings. The van der Waals surface area contributed by atoms with E-state index < -0.39 is 23.6 Å². The lowest BCUT2D eigenvalue weighted by Crippen LogP contribution is -2.37. The maximum Gasteiger partial charge on any atom is 0.420 e. The van der Waals surface area contributed by atoms with Crippen LogP contribution in [0.15, 0.2) is 35.1 Å². The number of carboxylic acid groups (broad SMARTS) is 1. The number of fused-ring (bicyclic) bond motifs is 1. The third-order valence-electron chi connectivity index (χ3n) is 5.86. The number of methoxy groups -OCH3 is 1. The van der Waals surface area contributed by atoms with Gasteiger partial charge in [0.15, 0.2) is 5.82 Å². The number of benzene rings is 1. The number of hydrogen-bond acceptors (Lipinski definition) is 6. The molecule has 3 aromatic rings. The van der Waals surface area contributed by atoms with Crippen molar-refractivity contribution in [3.05, 3.63) is 41.9 Å². The number of aromatic nitrogens is 2. The highest BCUT2D eigenvalue weighted by Crippen LogP contribution is 2.40. The van der Waals surface area contributed by atoms with E-state index in [1.54, 1.807) is 19.4 Å². The number of aliphatic carboxylic acids is 1. The molecule has 0 unspecified atom stereocenters. The van der Waals surface area contributed by atoms with E-state index in [0.717, 1.165) is 12.5 Å². The normalized spacial score (nSPS) is 15.3. The molecule has 1 N–H and O–H groups in total. The summed E-state index contributed by atoms with van der Waals surface area (Å²) >= 11 is 0. The summed E-state index contributed by atoms with van der Waals surface area (Å²) in [5.41, 5.74) is 0.211. The summed E-state index contributed by atoms with van der Waals surface area (Å²) in [7, 11) is 1.61. The number of carbonyl (C=O) groups is 1. The number of rotatable bonds is 7. The van der Waals surface area contributed by atoms with Crippen LogP contribution < -0.4 is 4.90 Å². The van der Waals surface area contributed by atoms with Crippen LogP contribution in [0.25, 0.3) is 22.2 Å². The zero-order valence-corrected chi connectivity index (χ0v) is 18.1. The standard InChI is InChI=1S/C23H24F3N3O4/c1-32-9-2-3-17-13-27-19(21(28-17)29-7-4-14(5-8-29)22(30)31)16-11-15-6-10-33-20(15)18(12-16)23(24,25)26/h6,10-14H,2-5,7-9H2,1H3,(H,30,31). The topological polar surface area (TPSA) is 88.7 Å². The Hall–Kier alpha value is -3.14. The van der Waals surface area contributed by atoms with Crippen LogP contribution in [0.4, 0.5) is 19.0 Å². The van der Waals surface area contributed by atoms with Gasteiger partial charge in [-0.05, 0) is 43.9 Å². The van der Waals surface area contributed by atoms with Crippen LogP contribution in [0.3, 0.4) is 0 Å². The smallest absolute Gasteiger partial charge is 0.420 e. The lowest BCUT2D eigenvalue weighted by atomic mass is 9.96. The van der Waals surface area contributed by atoms with Crippen LogP contribution in [0.2, 0.25) is 0 Å². The molecule has 1 saturated heterocycles. The van der Waals surface area contributed by atoms with Crippen molar-refractivity contribution >= 4 is 22.8 Å². The van der Waals surface area contributed by atoms with Crippen molar-refractivity contribution in [3.63, 3.8) is 0 Å². The van der Waals surface area contributed by atoms with E-state index >= 15 is 0 Å². The van der Waals surface area contributed by atoms with Crippen molar-refractivity contribution < 1.29 is 32.2 Å². The molecular weight excluding hydrogens is 439 g/mol. The van der Waals surface area contributed by atoms with Crippen LogP contribution in [-0.2, 0) is 22.1 Å². The molecule has 0 spiro atoms. The molecule has 7 nitrogen and oxygen atoms in total. The SMILES string of the molecule is COCCCc1cnc(-c2cc(C(F)(F)F)c3occc3c2)c(N2CCC(C(=O)O)CC2)n1. The van der Waals surface area contributed by atoms with Gasteiger partial charge in [-0.2, -0.15) is 13.2 Å². The molecule has 33 heavy (non-hydrogen) atoms. The molecule has 176 valence electrons. The molecule has 1 fully saturated rings. The predicted octanol–water partition coefficient (Wildman–Crippen LogP) is 4.79. The average molecular weight is 463 g/mol. The van der Waals surface area contributed by atoms with E-state index in [-0.39, 0.29) is 11.1 Å². The third kappa shape index (κ3) is 4.95. The first-order valence-electron chi connectivity index (χ1n) is 10.7. The number of furan rings is 1. The van der Waals surface area contributed by atoms with Gasteiger partial charge in [0.05, 0.1) is 23.4 Å². The molecule has 0 aliphatic carbocycles. The van der Waals surface area contributed by atoms with Gasteiger partial charge in [0.1, 0.15) is 11.3 Å². The molecule has 4 rings (SSSR count). The van der Waals surface area contributed by atoms with Crippen molar-refractivity contribution in [2.45, 2.75) is 31.9 Å². The summed E-state index contributed by atoms with van der Waals surface area (Å²) in [6.45, 7) is 1.41.